The van der Waals surface area contributed by atoms with E-state index in [2.05, 4.69) is 28.6 Å². The smallest absolute Gasteiger partial charge is 0.250 e. The highest BCUT2D eigenvalue weighted by Crippen LogP contribution is 2.31. The lowest BCUT2D eigenvalue weighted by Crippen LogP contribution is -2.17. The number of ether oxygens (including phenoxy) is 2. The molecule has 0 saturated heterocycles. The molecule has 6 heteroatoms. The van der Waals surface area contributed by atoms with E-state index in [0.717, 1.165) is 34.5 Å². The molecule has 0 bridgehead atoms. The number of anilines is 2. The Morgan fingerprint density at radius 3 is 2.71 bits per heavy atom. The van der Waals surface area contributed by atoms with Crippen molar-refractivity contribution in [3.05, 3.63) is 53.7 Å². The van der Waals surface area contributed by atoms with E-state index in [1.54, 1.807) is 7.11 Å². The molecule has 3 aromatic rings. The number of amides is 1. The Balaban J connectivity index is 1.97. The van der Waals surface area contributed by atoms with E-state index >= 15 is 0 Å². The average Bonchev–Trinajstić information content (AvgIpc) is 2.97. The van der Waals surface area contributed by atoms with Crippen LogP contribution < -0.4 is 15.8 Å². The molecule has 0 aliphatic carbocycles. The van der Waals surface area contributed by atoms with Crippen molar-refractivity contribution >= 4 is 28.2 Å². The fraction of sp³-hybridized carbons (Fsp3) is 0.227. The number of aryl methyl sites for hydroxylation is 1. The molecule has 0 unspecified atom stereocenters. The predicted molar refractivity (Wildman–Crippen MR) is 112 cm³/mol. The topological polar surface area (TPSA) is 78.5 Å². The van der Waals surface area contributed by atoms with Crippen molar-refractivity contribution in [1.82, 2.24) is 4.57 Å². The van der Waals surface area contributed by atoms with Gasteiger partial charge < -0.3 is 25.1 Å². The highest BCUT2D eigenvalue weighted by molar-refractivity contribution is 5.96. The zero-order valence-corrected chi connectivity index (χ0v) is 16.2. The molecule has 1 amide bonds. The van der Waals surface area contributed by atoms with E-state index in [9.17, 15) is 4.79 Å². The molecule has 6 nitrogen and oxygen atoms in total. The van der Waals surface area contributed by atoms with E-state index in [1.807, 2.05) is 42.5 Å². The van der Waals surface area contributed by atoms with Crippen molar-refractivity contribution in [2.75, 3.05) is 31.9 Å². The van der Waals surface area contributed by atoms with Crippen molar-refractivity contribution in [1.29, 1.82) is 0 Å². The summed E-state index contributed by atoms with van der Waals surface area (Å²) in [5.74, 6) is 6.90. The van der Waals surface area contributed by atoms with Gasteiger partial charge in [0.1, 0.15) is 18.1 Å². The van der Waals surface area contributed by atoms with Crippen molar-refractivity contribution in [3.8, 4) is 17.6 Å². The summed E-state index contributed by atoms with van der Waals surface area (Å²) in [5, 5.41) is 3.73. The molecule has 0 fully saturated rings. The summed E-state index contributed by atoms with van der Waals surface area (Å²) in [7, 11) is 3.12. The maximum atomic E-state index is 11.7. The van der Waals surface area contributed by atoms with Gasteiger partial charge in [-0.25, -0.2) is 0 Å². The minimum Gasteiger partial charge on any atom is -0.497 e. The highest BCUT2D eigenvalue weighted by Gasteiger charge is 2.13. The van der Waals surface area contributed by atoms with Gasteiger partial charge in [0.2, 0.25) is 5.91 Å². The van der Waals surface area contributed by atoms with Gasteiger partial charge in [-0.2, -0.15) is 0 Å². The second-order valence-corrected chi connectivity index (χ2v) is 6.20. The Morgan fingerprint density at radius 2 is 2.00 bits per heavy atom. The second-order valence-electron chi connectivity index (χ2n) is 6.20. The van der Waals surface area contributed by atoms with Crippen LogP contribution in [0.4, 0.5) is 11.4 Å². The van der Waals surface area contributed by atoms with Crippen molar-refractivity contribution in [2.45, 2.75) is 13.5 Å². The van der Waals surface area contributed by atoms with E-state index in [1.165, 1.54) is 7.11 Å². The fourth-order valence-electron chi connectivity index (χ4n) is 3.08. The zero-order valence-electron chi connectivity index (χ0n) is 16.2. The maximum Gasteiger partial charge on any atom is 0.250 e. The first-order chi connectivity index (χ1) is 13.6. The number of hydrogen-bond acceptors (Lipinski definition) is 4. The number of nitrogens with two attached hydrogens (primary N) is 1. The number of rotatable bonds is 5. The van der Waals surface area contributed by atoms with Gasteiger partial charge in [0, 0.05) is 36.4 Å². The number of aromatic nitrogens is 1. The van der Waals surface area contributed by atoms with Crippen molar-refractivity contribution in [3.63, 3.8) is 0 Å². The molecule has 3 rings (SSSR count). The Hall–Kier alpha value is -3.43. The molecule has 0 spiro atoms. The summed E-state index contributed by atoms with van der Waals surface area (Å²) in [6, 6.07) is 13.2. The van der Waals surface area contributed by atoms with Crippen LogP contribution in [0.2, 0.25) is 0 Å². The quantitative estimate of drug-likeness (QED) is 0.669. The number of benzene rings is 2. The second kappa shape index (κ2) is 8.51. The number of nitrogens with one attached hydrogen (secondary N) is 1. The number of carbonyl (C=O) groups excluding carboxylic acids is 1. The third-order valence-electron chi connectivity index (χ3n) is 4.37. The van der Waals surface area contributed by atoms with Crippen LogP contribution in [0.1, 0.15) is 18.2 Å². The van der Waals surface area contributed by atoms with Crippen LogP contribution in [0.3, 0.4) is 0 Å². The molecule has 3 N–H and O–H groups in total. The van der Waals surface area contributed by atoms with E-state index in [-0.39, 0.29) is 12.5 Å². The lowest BCUT2D eigenvalue weighted by atomic mass is 10.2. The summed E-state index contributed by atoms with van der Waals surface area (Å²) in [5.41, 5.74) is 10.2. The van der Waals surface area contributed by atoms with Gasteiger partial charge in [-0.15, -0.1) is 0 Å². The number of methoxy groups -OCH3 is 2. The van der Waals surface area contributed by atoms with E-state index in [4.69, 9.17) is 15.2 Å². The molecule has 0 aliphatic rings. The molecular weight excluding hydrogens is 354 g/mol. The molecule has 0 radical (unpaired) electrons. The van der Waals surface area contributed by atoms with Gasteiger partial charge >= 0.3 is 0 Å². The monoisotopic (exact) mass is 377 g/mol. The Kier molecular flexibility index (Phi) is 5.87. The van der Waals surface area contributed by atoms with Crippen LogP contribution in [0, 0.1) is 11.8 Å². The summed E-state index contributed by atoms with van der Waals surface area (Å²) in [4.78, 5) is 11.7. The average molecular weight is 377 g/mol. The molecular formula is C22H23N3O3. The largest absolute Gasteiger partial charge is 0.497 e. The first kappa shape index (κ1) is 19.3. The molecule has 1 heterocycles. The molecule has 28 heavy (non-hydrogen) atoms. The SMILES string of the molecule is CCn1c(C#Cc2cccc(NC(=O)COC)c2)c(N)c2ccc(OC)cc21. The van der Waals surface area contributed by atoms with Gasteiger partial charge in [-0.1, -0.05) is 12.0 Å². The number of fused-ring (bicyclic) bond motifs is 1. The van der Waals surface area contributed by atoms with Gasteiger partial charge in [-0.05, 0) is 43.2 Å². The minimum atomic E-state index is -0.211. The first-order valence-electron chi connectivity index (χ1n) is 8.94. The number of carbonyl (C=O) groups is 1. The number of nitrogens with zero attached hydrogens (tertiary/aromatic N) is 1. The minimum absolute atomic E-state index is 0.00646. The molecule has 0 atom stereocenters. The Labute approximate surface area is 164 Å². The highest BCUT2D eigenvalue weighted by atomic mass is 16.5. The summed E-state index contributed by atoms with van der Waals surface area (Å²) in [6.07, 6.45) is 0. The van der Waals surface area contributed by atoms with Crippen molar-refractivity contribution in [2.24, 2.45) is 0 Å². The molecule has 2 aromatic carbocycles. The van der Waals surface area contributed by atoms with Gasteiger partial charge in [0.25, 0.3) is 0 Å². The lowest BCUT2D eigenvalue weighted by Gasteiger charge is -2.05. The van der Waals surface area contributed by atoms with Crippen LogP contribution in [-0.2, 0) is 16.1 Å². The van der Waals surface area contributed by atoms with Crippen LogP contribution in [0.15, 0.2) is 42.5 Å². The van der Waals surface area contributed by atoms with Gasteiger partial charge in [-0.3, -0.25) is 4.79 Å². The number of hydrogen-bond donors (Lipinski definition) is 2. The number of nitrogen functional groups attached to an aromatic ring is 1. The predicted octanol–water partition coefficient (Wildman–Crippen LogP) is 3.24. The van der Waals surface area contributed by atoms with E-state index < -0.39 is 0 Å². The molecule has 1 aromatic heterocycles. The van der Waals surface area contributed by atoms with Crippen molar-refractivity contribution < 1.29 is 14.3 Å². The normalized spacial score (nSPS) is 10.4. The van der Waals surface area contributed by atoms with Crippen LogP contribution in [0.25, 0.3) is 10.9 Å². The fourth-order valence-corrected chi connectivity index (χ4v) is 3.08. The maximum absolute atomic E-state index is 11.7. The van der Waals surface area contributed by atoms with Crippen LogP contribution in [-0.4, -0.2) is 31.3 Å². The van der Waals surface area contributed by atoms with Crippen LogP contribution in [0.5, 0.6) is 5.75 Å². The third-order valence-corrected chi connectivity index (χ3v) is 4.37. The molecule has 0 saturated carbocycles. The first-order valence-corrected chi connectivity index (χ1v) is 8.94. The summed E-state index contributed by atoms with van der Waals surface area (Å²) >= 11 is 0. The van der Waals surface area contributed by atoms with E-state index in [0.29, 0.717) is 11.4 Å². The standard InChI is InChI=1S/C22H23N3O3/c1-4-25-19(22(23)18-10-9-17(28-3)13-20(18)25)11-8-15-6-5-7-16(12-15)24-21(26)14-27-2/h5-7,9-10,12-13H,4,14,23H2,1-3H3,(H,24,26). The lowest BCUT2D eigenvalue weighted by molar-refractivity contribution is -0.119. The van der Waals surface area contributed by atoms with Crippen LogP contribution >= 0.6 is 0 Å². The van der Waals surface area contributed by atoms with Gasteiger partial charge in [0.05, 0.1) is 18.3 Å². The Bertz CT molecular complexity index is 1070. The van der Waals surface area contributed by atoms with Gasteiger partial charge in [0.15, 0.2) is 0 Å². The molecule has 0 aliphatic heterocycles. The molecule has 144 valence electrons. The summed E-state index contributed by atoms with van der Waals surface area (Å²) in [6.45, 7) is 2.79. The summed E-state index contributed by atoms with van der Waals surface area (Å²) < 4.78 is 12.2. The Morgan fingerprint density at radius 1 is 1.18 bits per heavy atom. The zero-order chi connectivity index (χ0) is 20.1. The third kappa shape index (κ3) is 3.95.